The van der Waals surface area contributed by atoms with E-state index in [0.717, 1.165) is 29.6 Å². The van der Waals surface area contributed by atoms with Gasteiger partial charge in [0.15, 0.2) is 5.65 Å². The molecule has 2 aromatic heterocycles. The van der Waals surface area contributed by atoms with E-state index in [2.05, 4.69) is 15.3 Å². The number of hydrogen-bond donors (Lipinski definition) is 2. The van der Waals surface area contributed by atoms with E-state index in [1.54, 1.807) is 6.20 Å². The van der Waals surface area contributed by atoms with Gasteiger partial charge in [-0.2, -0.15) is 0 Å². The molecule has 0 atom stereocenters. The molecule has 1 saturated carbocycles. The van der Waals surface area contributed by atoms with Gasteiger partial charge in [-0.3, -0.25) is 9.36 Å². The predicted molar refractivity (Wildman–Crippen MR) is 72.4 cm³/mol. The first-order chi connectivity index (χ1) is 9.16. The number of nitrogens with zero attached hydrogens (tertiary/aromatic N) is 3. The molecule has 6 heteroatoms. The highest BCUT2D eigenvalue weighted by molar-refractivity contribution is 5.81. The summed E-state index contributed by atoms with van der Waals surface area (Å²) in [6, 6.07) is 1.91. The van der Waals surface area contributed by atoms with E-state index in [4.69, 9.17) is 5.73 Å². The molecule has 3 N–H and O–H groups in total. The van der Waals surface area contributed by atoms with Crippen molar-refractivity contribution in [1.82, 2.24) is 19.9 Å². The van der Waals surface area contributed by atoms with Crippen LogP contribution in [0.25, 0.3) is 11.2 Å². The number of fused-ring (bicyclic) bond motifs is 1. The number of imidazole rings is 1. The largest absolute Gasteiger partial charge is 0.369 e. The molecule has 0 saturated heterocycles. The van der Waals surface area contributed by atoms with Crippen molar-refractivity contribution in [1.29, 1.82) is 0 Å². The zero-order chi connectivity index (χ0) is 13.4. The fraction of sp³-hybridized carbons (Fsp3) is 0.462. The number of nitrogen functional groups attached to an aromatic ring is 1. The second-order valence-electron chi connectivity index (χ2n) is 4.99. The van der Waals surface area contributed by atoms with Gasteiger partial charge in [-0.1, -0.05) is 0 Å². The lowest BCUT2D eigenvalue weighted by atomic mass is 10.3. The lowest BCUT2D eigenvalue weighted by molar-refractivity contribution is -0.122. The second kappa shape index (κ2) is 4.53. The van der Waals surface area contributed by atoms with Crippen molar-refractivity contribution in [3.8, 4) is 0 Å². The maximum absolute atomic E-state index is 11.6. The first-order valence-electron chi connectivity index (χ1n) is 6.52. The molecular formula is C13H17N5O. The molecule has 1 fully saturated rings. The monoisotopic (exact) mass is 259 g/mol. The van der Waals surface area contributed by atoms with Crippen LogP contribution in [0.4, 0.5) is 5.95 Å². The minimum atomic E-state index is 0.145. The van der Waals surface area contributed by atoms with Crippen LogP contribution in [0, 0.1) is 12.8 Å². The Balaban J connectivity index is 1.74. The Labute approximate surface area is 111 Å². The summed E-state index contributed by atoms with van der Waals surface area (Å²) in [6.07, 6.45) is 3.78. The molecule has 0 spiro atoms. The normalized spacial score (nSPS) is 14.8. The first-order valence-corrected chi connectivity index (χ1v) is 6.52. The van der Waals surface area contributed by atoms with Gasteiger partial charge in [-0.25, -0.2) is 9.97 Å². The van der Waals surface area contributed by atoms with E-state index in [9.17, 15) is 4.79 Å². The number of nitrogens with one attached hydrogen (secondary N) is 1. The van der Waals surface area contributed by atoms with Gasteiger partial charge < -0.3 is 11.1 Å². The number of carbonyl (C=O) groups excluding carboxylic acids is 1. The summed E-state index contributed by atoms with van der Waals surface area (Å²) >= 11 is 0. The van der Waals surface area contributed by atoms with Gasteiger partial charge >= 0.3 is 0 Å². The number of carbonyl (C=O) groups is 1. The van der Waals surface area contributed by atoms with E-state index >= 15 is 0 Å². The molecule has 2 heterocycles. The average molecular weight is 259 g/mol. The molecule has 6 nitrogen and oxygen atoms in total. The Morgan fingerprint density at radius 2 is 2.37 bits per heavy atom. The fourth-order valence-corrected chi connectivity index (χ4v) is 2.16. The molecule has 1 aliphatic carbocycles. The second-order valence-corrected chi connectivity index (χ2v) is 4.99. The SMILES string of the molecule is Cc1ccnc2c1nc(N)n2CCNC(=O)C1CC1. The molecule has 0 aromatic carbocycles. The zero-order valence-electron chi connectivity index (χ0n) is 10.9. The van der Waals surface area contributed by atoms with Crippen LogP contribution in [0.5, 0.6) is 0 Å². The molecular weight excluding hydrogens is 242 g/mol. The summed E-state index contributed by atoms with van der Waals surface area (Å²) < 4.78 is 1.84. The van der Waals surface area contributed by atoms with Crippen LogP contribution in [0.2, 0.25) is 0 Å². The van der Waals surface area contributed by atoms with Gasteiger partial charge in [-0.05, 0) is 31.4 Å². The van der Waals surface area contributed by atoms with E-state index in [0.29, 0.717) is 19.0 Å². The number of aromatic nitrogens is 3. The fourth-order valence-electron chi connectivity index (χ4n) is 2.16. The van der Waals surface area contributed by atoms with Crippen LogP contribution in [-0.2, 0) is 11.3 Å². The van der Waals surface area contributed by atoms with Gasteiger partial charge in [0.2, 0.25) is 11.9 Å². The predicted octanol–water partition coefficient (Wildman–Crippen LogP) is 0.848. The third kappa shape index (κ3) is 2.25. The Hall–Kier alpha value is -2.11. The van der Waals surface area contributed by atoms with Crippen molar-refractivity contribution in [2.75, 3.05) is 12.3 Å². The van der Waals surface area contributed by atoms with E-state index in [1.807, 2.05) is 17.6 Å². The van der Waals surface area contributed by atoms with Crippen molar-refractivity contribution < 1.29 is 4.79 Å². The topological polar surface area (TPSA) is 85.8 Å². The van der Waals surface area contributed by atoms with Crippen molar-refractivity contribution >= 4 is 23.0 Å². The van der Waals surface area contributed by atoms with E-state index in [1.165, 1.54) is 0 Å². The van der Waals surface area contributed by atoms with Crippen molar-refractivity contribution in [3.63, 3.8) is 0 Å². The van der Waals surface area contributed by atoms with Gasteiger partial charge in [0.05, 0.1) is 0 Å². The number of rotatable bonds is 4. The maximum Gasteiger partial charge on any atom is 0.223 e. The van der Waals surface area contributed by atoms with Crippen LogP contribution in [0.3, 0.4) is 0 Å². The van der Waals surface area contributed by atoms with Crippen LogP contribution in [0.15, 0.2) is 12.3 Å². The number of anilines is 1. The quantitative estimate of drug-likeness (QED) is 0.852. The molecule has 2 aromatic rings. The minimum Gasteiger partial charge on any atom is -0.369 e. The van der Waals surface area contributed by atoms with Crippen molar-refractivity contribution in [3.05, 3.63) is 17.8 Å². The first kappa shape index (κ1) is 12.0. The number of aryl methyl sites for hydroxylation is 1. The molecule has 1 aliphatic rings. The molecule has 19 heavy (non-hydrogen) atoms. The van der Waals surface area contributed by atoms with Gasteiger partial charge in [-0.15, -0.1) is 0 Å². The Morgan fingerprint density at radius 1 is 1.58 bits per heavy atom. The van der Waals surface area contributed by atoms with Crippen LogP contribution in [0.1, 0.15) is 18.4 Å². The Morgan fingerprint density at radius 3 is 3.11 bits per heavy atom. The standard InChI is InChI=1S/C13H17N5O/c1-8-4-5-15-11-10(8)17-13(14)18(11)7-6-16-12(19)9-2-3-9/h4-5,9H,2-3,6-7H2,1H3,(H2,14,17)(H,16,19). The summed E-state index contributed by atoms with van der Waals surface area (Å²) in [5, 5.41) is 2.92. The number of hydrogen-bond acceptors (Lipinski definition) is 4. The highest BCUT2D eigenvalue weighted by Crippen LogP contribution is 2.28. The van der Waals surface area contributed by atoms with Crippen molar-refractivity contribution in [2.45, 2.75) is 26.3 Å². The van der Waals surface area contributed by atoms with Crippen LogP contribution in [-0.4, -0.2) is 27.0 Å². The average Bonchev–Trinajstić information content (AvgIpc) is 3.17. The highest BCUT2D eigenvalue weighted by atomic mass is 16.2. The van der Waals surface area contributed by atoms with Gasteiger partial charge in [0, 0.05) is 25.2 Å². The van der Waals surface area contributed by atoms with E-state index in [-0.39, 0.29) is 11.8 Å². The molecule has 1 amide bonds. The lowest BCUT2D eigenvalue weighted by Gasteiger charge is -2.07. The molecule has 100 valence electrons. The zero-order valence-corrected chi connectivity index (χ0v) is 10.9. The smallest absolute Gasteiger partial charge is 0.223 e. The van der Waals surface area contributed by atoms with Gasteiger partial charge in [0.1, 0.15) is 5.52 Å². The summed E-state index contributed by atoms with van der Waals surface area (Å²) in [4.78, 5) is 20.2. The Kier molecular flexibility index (Phi) is 2.85. The third-order valence-corrected chi connectivity index (χ3v) is 3.45. The molecule has 0 bridgehead atoms. The highest BCUT2D eigenvalue weighted by Gasteiger charge is 2.29. The number of pyridine rings is 1. The minimum absolute atomic E-state index is 0.145. The van der Waals surface area contributed by atoms with Crippen LogP contribution < -0.4 is 11.1 Å². The van der Waals surface area contributed by atoms with Crippen molar-refractivity contribution in [2.24, 2.45) is 5.92 Å². The number of nitrogens with two attached hydrogens (primary N) is 1. The Bertz CT molecular complexity index is 629. The summed E-state index contributed by atoms with van der Waals surface area (Å²) in [5.41, 5.74) is 8.57. The molecule has 0 radical (unpaired) electrons. The molecule has 0 unspecified atom stereocenters. The summed E-state index contributed by atoms with van der Waals surface area (Å²) in [6.45, 7) is 3.13. The number of amides is 1. The van der Waals surface area contributed by atoms with Crippen LogP contribution >= 0.6 is 0 Å². The summed E-state index contributed by atoms with van der Waals surface area (Å²) in [7, 11) is 0. The lowest BCUT2D eigenvalue weighted by Crippen LogP contribution is -2.28. The summed E-state index contributed by atoms with van der Waals surface area (Å²) in [5.74, 6) is 0.821. The molecule has 0 aliphatic heterocycles. The van der Waals surface area contributed by atoms with E-state index < -0.39 is 0 Å². The third-order valence-electron chi connectivity index (χ3n) is 3.45. The molecule has 3 rings (SSSR count). The van der Waals surface area contributed by atoms with Gasteiger partial charge in [0.25, 0.3) is 0 Å². The maximum atomic E-state index is 11.6.